The first-order chi connectivity index (χ1) is 7.56. The molecule has 1 aliphatic heterocycles. The van der Waals surface area contributed by atoms with Gasteiger partial charge in [-0.3, -0.25) is 9.59 Å². The molecule has 1 amide bonds. The van der Waals surface area contributed by atoms with Gasteiger partial charge in [-0.25, -0.2) is 0 Å². The summed E-state index contributed by atoms with van der Waals surface area (Å²) in [5.41, 5.74) is 5.74. The van der Waals surface area contributed by atoms with Gasteiger partial charge in [0.05, 0.1) is 12.0 Å². The second-order valence-electron chi connectivity index (χ2n) is 4.36. The summed E-state index contributed by atoms with van der Waals surface area (Å²) < 4.78 is 0. The van der Waals surface area contributed by atoms with E-state index >= 15 is 0 Å². The van der Waals surface area contributed by atoms with Crippen LogP contribution in [0.1, 0.15) is 32.6 Å². The number of piperidine rings is 1. The van der Waals surface area contributed by atoms with E-state index in [-0.39, 0.29) is 5.91 Å². The average molecular weight is 228 g/mol. The second-order valence-corrected chi connectivity index (χ2v) is 4.36. The van der Waals surface area contributed by atoms with Gasteiger partial charge in [-0.1, -0.05) is 13.3 Å². The molecule has 1 fully saturated rings. The Kier molecular flexibility index (Phi) is 4.73. The molecule has 1 unspecified atom stereocenters. The van der Waals surface area contributed by atoms with E-state index < -0.39 is 17.9 Å². The minimum absolute atomic E-state index is 0.104. The first-order valence-corrected chi connectivity index (χ1v) is 5.83. The molecule has 0 aromatic rings. The number of rotatable bonds is 4. The van der Waals surface area contributed by atoms with Crippen LogP contribution >= 0.6 is 0 Å². The van der Waals surface area contributed by atoms with Crippen molar-refractivity contribution in [1.29, 1.82) is 0 Å². The highest BCUT2D eigenvalue weighted by molar-refractivity contribution is 5.82. The monoisotopic (exact) mass is 228 g/mol. The van der Waals surface area contributed by atoms with Gasteiger partial charge >= 0.3 is 5.97 Å². The van der Waals surface area contributed by atoms with E-state index in [1.165, 1.54) is 0 Å². The molecule has 3 N–H and O–H groups in total. The summed E-state index contributed by atoms with van der Waals surface area (Å²) in [5, 5.41) is 8.91. The van der Waals surface area contributed by atoms with Gasteiger partial charge in [0.25, 0.3) is 0 Å². The number of hydrogen-bond donors (Lipinski definition) is 2. The lowest BCUT2D eigenvalue weighted by Crippen LogP contribution is -2.49. The summed E-state index contributed by atoms with van der Waals surface area (Å²) in [6, 6.07) is -0.474. The van der Waals surface area contributed by atoms with Crippen molar-refractivity contribution >= 4 is 11.9 Å². The summed E-state index contributed by atoms with van der Waals surface area (Å²) in [5.74, 6) is -1.35. The van der Waals surface area contributed by atoms with Crippen LogP contribution in [0.3, 0.4) is 0 Å². The van der Waals surface area contributed by atoms with Gasteiger partial charge in [-0.05, 0) is 19.3 Å². The average Bonchev–Trinajstić information content (AvgIpc) is 2.28. The Hall–Kier alpha value is -1.10. The lowest BCUT2D eigenvalue weighted by molar-refractivity contribution is -0.146. The number of aliphatic carboxylic acids is 1. The van der Waals surface area contributed by atoms with Crippen LogP contribution in [0.25, 0.3) is 0 Å². The molecular formula is C11H20N2O3. The fraction of sp³-hybridized carbons (Fsp3) is 0.818. The van der Waals surface area contributed by atoms with E-state index in [1.807, 2.05) is 6.92 Å². The van der Waals surface area contributed by atoms with E-state index in [4.69, 9.17) is 10.8 Å². The zero-order valence-corrected chi connectivity index (χ0v) is 9.69. The highest BCUT2D eigenvalue weighted by Gasteiger charge is 2.29. The zero-order valence-electron chi connectivity index (χ0n) is 9.69. The number of amides is 1. The first-order valence-electron chi connectivity index (χ1n) is 5.83. The molecule has 1 aliphatic rings. The molecule has 0 bridgehead atoms. The molecular weight excluding hydrogens is 208 g/mol. The van der Waals surface area contributed by atoms with Crippen molar-refractivity contribution in [3.8, 4) is 0 Å². The molecule has 5 nitrogen and oxygen atoms in total. The van der Waals surface area contributed by atoms with Crippen LogP contribution in [0.5, 0.6) is 0 Å². The molecule has 0 aliphatic carbocycles. The number of nitrogens with zero attached hydrogens (tertiary/aromatic N) is 1. The summed E-state index contributed by atoms with van der Waals surface area (Å²) in [7, 11) is 0. The summed E-state index contributed by atoms with van der Waals surface area (Å²) in [4.78, 5) is 24.3. The molecule has 2 atom stereocenters. The third kappa shape index (κ3) is 3.20. The molecule has 1 saturated heterocycles. The Balaban J connectivity index is 2.53. The number of carboxylic acid groups (broad SMARTS) is 1. The number of nitrogens with two attached hydrogens (primary N) is 1. The number of carbonyl (C=O) groups excluding carboxylic acids is 1. The SMILES string of the molecule is CCCC(N)C(=O)N1CCC[C@@H](C(=O)O)C1. The Bertz CT molecular complexity index is 268. The minimum Gasteiger partial charge on any atom is -0.481 e. The lowest BCUT2D eigenvalue weighted by Gasteiger charge is -2.32. The molecule has 0 spiro atoms. The smallest absolute Gasteiger partial charge is 0.308 e. The van der Waals surface area contributed by atoms with Crippen LogP contribution in [0.4, 0.5) is 0 Å². The zero-order chi connectivity index (χ0) is 12.1. The maximum atomic E-state index is 11.9. The Labute approximate surface area is 95.6 Å². The van der Waals surface area contributed by atoms with Crippen molar-refractivity contribution in [1.82, 2.24) is 4.90 Å². The molecule has 92 valence electrons. The van der Waals surface area contributed by atoms with E-state index in [1.54, 1.807) is 4.90 Å². The maximum Gasteiger partial charge on any atom is 0.308 e. The van der Waals surface area contributed by atoms with E-state index in [9.17, 15) is 9.59 Å². The number of carboxylic acids is 1. The summed E-state index contributed by atoms with van der Waals surface area (Å²) >= 11 is 0. The summed E-state index contributed by atoms with van der Waals surface area (Å²) in [6.07, 6.45) is 2.93. The molecule has 1 heterocycles. The largest absolute Gasteiger partial charge is 0.481 e. The van der Waals surface area contributed by atoms with Gasteiger partial charge in [0.1, 0.15) is 0 Å². The summed E-state index contributed by atoms with van der Waals surface area (Å²) in [6.45, 7) is 2.93. The number of likely N-dealkylation sites (tertiary alicyclic amines) is 1. The molecule has 5 heteroatoms. The predicted octanol–water partition coefficient (Wildman–Crippen LogP) is 0.437. The first kappa shape index (κ1) is 13.0. The van der Waals surface area contributed by atoms with Crippen molar-refractivity contribution in [2.45, 2.75) is 38.6 Å². The van der Waals surface area contributed by atoms with Crippen LogP contribution in [0.15, 0.2) is 0 Å². The molecule has 0 aromatic heterocycles. The van der Waals surface area contributed by atoms with E-state index in [0.717, 1.165) is 12.8 Å². The van der Waals surface area contributed by atoms with Gasteiger partial charge in [0, 0.05) is 13.1 Å². The van der Waals surface area contributed by atoms with E-state index in [0.29, 0.717) is 25.9 Å². The molecule has 0 aromatic carbocycles. The maximum absolute atomic E-state index is 11.9. The van der Waals surface area contributed by atoms with Crippen LogP contribution in [-0.2, 0) is 9.59 Å². The molecule has 0 saturated carbocycles. The van der Waals surface area contributed by atoms with Crippen LogP contribution in [-0.4, -0.2) is 41.0 Å². The fourth-order valence-corrected chi connectivity index (χ4v) is 2.05. The topological polar surface area (TPSA) is 83.6 Å². The predicted molar refractivity (Wildman–Crippen MR) is 59.8 cm³/mol. The van der Waals surface area contributed by atoms with Crippen LogP contribution < -0.4 is 5.73 Å². The van der Waals surface area contributed by atoms with Gasteiger partial charge in [-0.15, -0.1) is 0 Å². The second kappa shape index (κ2) is 5.84. The fourth-order valence-electron chi connectivity index (χ4n) is 2.05. The van der Waals surface area contributed by atoms with Crippen molar-refractivity contribution in [3.05, 3.63) is 0 Å². The minimum atomic E-state index is -0.818. The Morgan fingerprint density at radius 3 is 2.81 bits per heavy atom. The van der Waals surface area contributed by atoms with Gasteiger partial charge < -0.3 is 15.7 Å². The highest BCUT2D eigenvalue weighted by Crippen LogP contribution is 2.17. The van der Waals surface area contributed by atoms with Gasteiger partial charge in [0.2, 0.25) is 5.91 Å². The number of hydrogen-bond acceptors (Lipinski definition) is 3. The normalized spacial score (nSPS) is 22.9. The third-order valence-electron chi connectivity index (χ3n) is 3.00. The van der Waals surface area contributed by atoms with Crippen molar-refractivity contribution in [3.63, 3.8) is 0 Å². The van der Waals surface area contributed by atoms with Crippen molar-refractivity contribution in [2.75, 3.05) is 13.1 Å². The third-order valence-corrected chi connectivity index (χ3v) is 3.00. The van der Waals surface area contributed by atoms with Crippen molar-refractivity contribution < 1.29 is 14.7 Å². The molecule has 0 radical (unpaired) electrons. The lowest BCUT2D eigenvalue weighted by atomic mass is 9.97. The highest BCUT2D eigenvalue weighted by atomic mass is 16.4. The van der Waals surface area contributed by atoms with Gasteiger partial charge in [0.15, 0.2) is 0 Å². The van der Waals surface area contributed by atoms with Crippen molar-refractivity contribution in [2.24, 2.45) is 11.7 Å². The van der Waals surface area contributed by atoms with Crippen LogP contribution in [0, 0.1) is 5.92 Å². The van der Waals surface area contributed by atoms with Crippen LogP contribution in [0.2, 0.25) is 0 Å². The Morgan fingerprint density at radius 2 is 2.25 bits per heavy atom. The van der Waals surface area contributed by atoms with E-state index in [2.05, 4.69) is 0 Å². The number of carbonyl (C=O) groups is 2. The molecule has 16 heavy (non-hydrogen) atoms. The molecule has 1 rings (SSSR count). The Morgan fingerprint density at radius 1 is 1.56 bits per heavy atom. The van der Waals surface area contributed by atoms with Gasteiger partial charge in [-0.2, -0.15) is 0 Å². The quantitative estimate of drug-likeness (QED) is 0.731. The standard InChI is InChI=1S/C11H20N2O3/c1-2-4-9(12)10(14)13-6-3-5-8(7-13)11(15)16/h8-9H,2-7,12H2,1H3,(H,15,16)/t8-,9?/m1/s1.